The summed E-state index contributed by atoms with van der Waals surface area (Å²) in [5.41, 5.74) is 1.98. The number of hydrogen-bond acceptors (Lipinski definition) is 28. The minimum Gasteiger partial charge on any atom is -0.494 e. The second kappa shape index (κ2) is 36.4. The van der Waals surface area contributed by atoms with E-state index in [1.165, 1.54) is 86.1 Å². The molecule has 0 aliphatic carbocycles. The van der Waals surface area contributed by atoms with Crippen LogP contribution in [-0.4, -0.2) is 170 Å². The Hall–Kier alpha value is -11.0. The highest BCUT2D eigenvalue weighted by Crippen LogP contribution is 2.35. The number of hydrogen-bond donors (Lipinski definition) is 2. The zero-order valence-corrected chi connectivity index (χ0v) is 67.7. The first-order valence-electron chi connectivity index (χ1n) is 35.5. The maximum Gasteiger partial charge on any atom is 0.322 e. The van der Waals surface area contributed by atoms with Crippen LogP contribution in [0.5, 0.6) is 11.5 Å². The van der Waals surface area contributed by atoms with Gasteiger partial charge in [0.1, 0.15) is 34.6 Å². The summed E-state index contributed by atoms with van der Waals surface area (Å²) >= 11 is 11.8. The number of nitrogens with one attached hydrogen (secondary N) is 2. The number of anilines is 2. The Morgan fingerprint density at radius 1 is 0.658 bits per heavy atom. The number of benzene rings is 5. The number of furan rings is 1. The fourth-order valence-corrected chi connectivity index (χ4v) is 17.9. The number of unbranched alkanes of at least 4 members (excludes halogenated alkanes) is 1. The van der Waals surface area contributed by atoms with Crippen molar-refractivity contribution >= 4 is 128 Å². The third-order valence-electron chi connectivity index (χ3n) is 17.7. The number of thiophene rings is 3. The molecule has 2 aliphatic rings. The van der Waals surface area contributed by atoms with Gasteiger partial charge in [0, 0.05) is 50.9 Å². The Labute approximate surface area is 674 Å². The summed E-state index contributed by atoms with van der Waals surface area (Å²) in [6.45, 7) is 11.7. The van der Waals surface area contributed by atoms with Gasteiger partial charge >= 0.3 is 12.0 Å². The number of carbonyl (C=O) groups excluding carboxylic acids is 3. The first kappa shape index (κ1) is 81.0. The molecule has 5 aromatic carbocycles. The molecule has 16 rings (SSSR count). The summed E-state index contributed by atoms with van der Waals surface area (Å²) in [5, 5.41) is 33.9. The lowest BCUT2D eigenvalue weighted by atomic mass is 10.1. The number of piperazine rings is 1. The number of sulfonamides is 2. The summed E-state index contributed by atoms with van der Waals surface area (Å²) in [5.74, 6) is 3.02. The highest BCUT2D eigenvalue weighted by Gasteiger charge is 2.42. The average molecular weight is 1680 g/mol. The molecule has 2 aliphatic heterocycles. The summed E-state index contributed by atoms with van der Waals surface area (Å²) in [6.07, 6.45) is 3.73. The number of nitrogens with zero attached hydrogens (tertiary/aromatic N) is 13. The molecule has 0 saturated carbocycles. The molecular formula is C77H74ClN15O15S6. The topological polar surface area (TPSA) is 362 Å². The van der Waals surface area contributed by atoms with Crippen LogP contribution >= 0.6 is 56.9 Å². The molecule has 0 radical (unpaired) electrons. The van der Waals surface area contributed by atoms with Crippen molar-refractivity contribution in [1.29, 1.82) is 0 Å². The van der Waals surface area contributed by atoms with Crippen molar-refractivity contribution < 1.29 is 63.1 Å². The van der Waals surface area contributed by atoms with Crippen LogP contribution in [0.3, 0.4) is 0 Å². The van der Waals surface area contributed by atoms with E-state index in [9.17, 15) is 36.0 Å². The maximum absolute atomic E-state index is 13.6. The van der Waals surface area contributed by atoms with E-state index in [4.69, 9.17) is 48.5 Å². The van der Waals surface area contributed by atoms with Crippen molar-refractivity contribution in [3.8, 4) is 49.5 Å². The van der Waals surface area contributed by atoms with Gasteiger partial charge in [-0.3, -0.25) is 39.3 Å². The van der Waals surface area contributed by atoms with Gasteiger partial charge in [-0.05, 0) is 159 Å². The van der Waals surface area contributed by atoms with Crippen molar-refractivity contribution in [3.63, 3.8) is 0 Å². The lowest BCUT2D eigenvalue weighted by molar-refractivity contribution is 0.0593. The van der Waals surface area contributed by atoms with E-state index in [0.717, 1.165) is 43.6 Å². The lowest BCUT2D eigenvalue weighted by Crippen LogP contribution is -2.48. The molecule has 0 spiro atoms. The number of carbonyl (C=O) groups is 3. The molecule has 2 fully saturated rings. The van der Waals surface area contributed by atoms with Crippen LogP contribution in [0.1, 0.15) is 88.5 Å². The van der Waals surface area contributed by atoms with E-state index >= 15 is 0 Å². The van der Waals surface area contributed by atoms with Crippen LogP contribution in [0.25, 0.3) is 59.1 Å². The lowest BCUT2D eigenvalue weighted by Gasteiger charge is -2.34. The second-order valence-electron chi connectivity index (χ2n) is 25.9. The van der Waals surface area contributed by atoms with Gasteiger partial charge in [-0.15, -0.1) is 65.7 Å². The Bertz CT molecular complexity index is 5920. The zero-order chi connectivity index (χ0) is 80.1. The summed E-state index contributed by atoms with van der Waals surface area (Å²) in [4.78, 5) is 67.2. The third kappa shape index (κ3) is 19.1. The molecule has 3 amide bonds. The van der Waals surface area contributed by atoms with Crippen LogP contribution in [0.2, 0.25) is 4.34 Å². The van der Waals surface area contributed by atoms with Crippen LogP contribution in [0.4, 0.5) is 12.0 Å². The minimum atomic E-state index is -3.75. The monoisotopic (exact) mass is 1680 g/mol. The highest BCUT2D eigenvalue weighted by atomic mass is 35.5. The predicted molar refractivity (Wildman–Crippen MR) is 433 cm³/mol. The number of aromatic nitrogens is 9. The molecule has 2 N–H and O–H groups in total. The number of ether oxygens (including phenoxy) is 3. The van der Waals surface area contributed by atoms with Crippen molar-refractivity contribution in [3.05, 3.63) is 229 Å². The SMILES string of the molecule is CC1(C)COCN1S(=O)(=O)c1ccc(C(=O)Nc2nnc(-c3ccc(Cl)s3)o2)cc1.CCCCN(C)S(=O)(=O)c1ccc(C(=O)Nc2nnc(-c3cccs3)o2)cc1.CCOc1ccccc1-n1c(CN2CCN(C(=O)c3ccco3)CC2)nc2ccccc2c1=O.COc1cccc2sc(Cc3nnc(-c4cccs4)o3)nc12. The fourth-order valence-electron chi connectivity index (χ4n) is 11.8. The van der Waals surface area contributed by atoms with E-state index in [-0.39, 0.29) is 57.0 Å². The van der Waals surface area contributed by atoms with Gasteiger partial charge in [0.05, 0.1) is 95.1 Å². The van der Waals surface area contributed by atoms with Crippen LogP contribution in [-0.2, 0) is 37.7 Å². The molecule has 9 aromatic heterocycles. The van der Waals surface area contributed by atoms with E-state index in [1.807, 2.05) is 110 Å². The minimum absolute atomic E-state index is 0.00742. The fraction of sp³-hybridized carbons (Fsp3) is 0.247. The Morgan fingerprint density at radius 2 is 1.29 bits per heavy atom. The number of halogens is 1. The molecule has 2 saturated heterocycles. The van der Waals surface area contributed by atoms with Gasteiger partial charge in [-0.1, -0.05) is 77.6 Å². The Kier molecular flexibility index (Phi) is 25.9. The molecule has 11 heterocycles. The molecular weight excluding hydrogens is 1600 g/mol. The number of rotatable bonds is 23. The molecule has 0 atom stereocenters. The molecule has 590 valence electrons. The smallest absolute Gasteiger partial charge is 0.322 e. The normalized spacial score (nSPS) is 13.7. The third-order valence-corrected chi connectivity index (χ3v) is 25.5. The molecule has 0 unspecified atom stereocenters. The van der Waals surface area contributed by atoms with Gasteiger partial charge in [-0.2, -0.15) is 4.31 Å². The van der Waals surface area contributed by atoms with E-state index in [2.05, 4.69) is 51.1 Å². The first-order chi connectivity index (χ1) is 55.1. The van der Waals surface area contributed by atoms with Crippen LogP contribution in [0, 0.1) is 0 Å². The van der Waals surface area contributed by atoms with Gasteiger partial charge in [-0.25, -0.2) is 31.1 Å². The van der Waals surface area contributed by atoms with Crippen molar-refractivity contribution in [2.24, 2.45) is 0 Å². The van der Waals surface area contributed by atoms with Crippen molar-refractivity contribution in [2.75, 3.05) is 77.5 Å². The second-order valence-corrected chi connectivity index (χ2v) is 34.5. The van der Waals surface area contributed by atoms with E-state index < -0.39 is 37.4 Å². The number of thiazole rings is 1. The largest absolute Gasteiger partial charge is 0.494 e. The highest BCUT2D eigenvalue weighted by molar-refractivity contribution is 7.89. The molecule has 0 bridgehead atoms. The quantitative estimate of drug-likeness (QED) is 0.0600. The molecule has 30 nitrogen and oxygen atoms in total. The Balaban J connectivity index is 0.000000134. The van der Waals surface area contributed by atoms with E-state index in [0.29, 0.717) is 120 Å². The van der Waals surface area contributed by atoms with Crippen molar-refractivity contribution in [1.82, 2.24) is 63.5 Å². The van der Waals surface area contributed by atoms with Crippen LogP contribution in [0.15, 0.2) is 213 Å². The maximum atomic E-state index is 13.6. The van der Waals surface area contributed by atoms with E-state index in [1.54, 1.807) is 90.5 Å². The molecule has 14 aromatic rings. The number of amides is 3. The van der Waals surface area contributed by atoms with Gasteiger partial charge in [0.2, 0.25) is 25.9 Å². The van der Waals surface area contributed by atoms with Crippen molar-refractivity contribution in [2.45, 2.75) is 68.8 Å². The number of para-hydroxylation sites is 4. The zero-order valence-electron chi connectivity index (χ0n) is 62.1. The van der Waals surface area contributed by atoms with Gasteiger partial charge < -0.3 is 36.8 Å². The average Bonchev–Trinajstić information content (AvgIpc) is 1.13. The first-order valence-corrected chi connectivity index (χ1v) is 42.2. The molecule has 114 heavy (non-hydrogen) atoms. The number of fused-ring (bicyclic) bond motifs is 2. The number of methoxy groups -OCH3 is 1. The van der Waals surface area contributed by atoms with Gasteiger partial charge in [0.15, 0.2) is 5.76 Å². The summed E-state index contributed by atoms with van der Waals surface area (Å²) in [6, 6.07) is 46.5. The Morgan fingerprint density at radius 3 is 1.89 bits per heavy atom. The standard InChI is InChI=1S/C26H26N4O4.C18H17ClN4O5S2.C18H20N4O4S2.C15H11N3O2S2/c1-2-33-22-11-6-5-10-21(22)30-24(27-20-9-4-3-8-19(20)25(30)31)18-28-13-15-29(16-14-28)26(32)23-12-7-17-34-23;1-18(2)9-27-10-23(18)30(25,26)12-5-3-11(4-6-12)15(24)20-17-22-21-16(28-17)13-7-8-14(19)29-13;1-3-4-11-22(2)28(24,25)14-9-7-13(8-10-14)16(23)19-18-21-20-17(26-18)15-6-5-12-27-15;1-19-9-4-2-5-10-14(9)16-13(22-10)8-12-17-18-15(20-12)11-6-3-7-21-11/h3-12,17H,2,13-16,18H2,1H3;3-8H,9-10H2,1-2H3,(H,20,22,24);5-10,12H,3-4,11H2,1-2H3,(H,19,21,23);2-7H,8H2,1H3. The predicted octanol–water partition coefficient (Wildman–Crippen LogP) is 14.3. The summed E-state index contributed by atoms with van der Waals surface area (Å²) in [7, 11) is -4.12. The molecule has 37 heteroatoms. The van der Waals surface area contributed by atoms with Crippen LogP contribution < -0.4 is 25.7 Å². The summed E-state index contributed by atoms with van der Waals surface area (Å²) < 4.78 is 95.0. The van der Waals surface area contributed by atoms with Gasteiger partial charge in [0.25, 0.3) is 41.0 Å².